The van der Waals surface area contributed by atoms with Gasteiger partial charge in [-0.05, 0) is 0 Å². The summed E-state index contributed by atoms with van der Waals surface area (Å²) in [6.45, 7) is 4.61. The van der Waals surface area contributed by atoms with Gasteiger partial charge in [-0.25, -0.2) is 0 Å². The summed E-state index contributed by atoms with van der Waals surface area (Å²) in [5, 5.41) is 0. The van der Waals surface area contributed by atoms with Crippen LogP contribution in [0.15, 0.2) is 0 Å². The first kappa shape index (κ1) is 38.3. The van der Waals surface area contributed by atoms with Crippen LogP contribution < -0.4 is 0 Å². The summed E-state index contributed by atoms with van der Waals surface area (Å²) in [5.41, 5.74) is 0. The van der Waals surface area contributed by atoms with Gasteiger partial charge in [-0.3, -0.25) is 0 Å². The van der Waals surface area contributed by atoms with Gasteiger partial charge < -0.3 is 0 Å². The average Bonchev–Trinajstić information content (AvgIpc) is 2.94. The van der Waals surface area contributed by atoms with E-state index < -0.39 is 28.8 Å². The zero-order valence-corrected chi connectivity index (χ0v) is 31.6. The molecule has 3 rings (SSSR count). The SMILES string of the molecule is CCCCCCCCCCCCCCCCCCP12(CCCCCCCCCCCCCCCCCC)[O][Sb]([O]1)[O]2. The van der Waals surface area contributed by atoms with Gasteiger partial charge in [0.15, 0.2) is 0 Å². The summed E-state index contributed by atoms with van der Waals surface area (Å²) in [7, 11) is -2.51. The molecule has 0 spiro atoms. The molecule has 41 heavy (non-hydrogen) atoms. The molecule has 0 unspecified atom stereocenters. The normalized spacial score (nSPS) is 18.0. The van der Waals surface area contributed by atoms with Crippen LogP contribution in [0.25, 0.3) is 0 Å². The van der Waals surface area contributed by atoms with Crippen LogP contribution in [0.1, 0.15) is 219 Å². The first-order valence-corrected chi connectivity index (χ1v) is 24.6. The first-order valence-electron chi connectivity index (χ1n) is 19.1. The van der Waals surface area contributed by atoms with Gasteiger partial charge in [0.25, 0.3) is 0 Å². The Morgan fingerprint density at radius 1 is 0.293 bits per heavy atom. The molecule has 0 atom stereocenters. The third-order valence-electron chi connectivity index (χ3n) is 9.63. The zero-order chi connectivity index (χ0) is 29.2. The Labute approximate surface area is 267 Å². The maximum atomic E-state index is 6.32. The van der Waals surface area contributed by atoms with Crippen molar-refractivity contribution in [1.82, 2.24) is 0 Å². The summed E-state index contributed by atoms with van der Waals surface area (Å²) in [5.74, 6) is 0. The number of rotatable bonds is 34. The number of hydrogen-bond acceptors (Lipinski definition) is 3. The van der Waals surface area contributed by atoms with E-state index in [-0.39, 0.29) is 0 Å². The van der Waals surface area contributed by atoms with Crippen molar-refractivity contribution in [2.75, 3.05) is 12.3 Å². The Balaban J connectivity index is 1.30. The fraction of sp³-hybridized carbons (Fsp3) is 1.00. The van der Waals surface area contributed by atoms with E-state index in [1.54, 1.807) is 0 Å². The molecule has 0 aliphatic carbocycles. The molecule has 0 saturated carbocycles. The second-order valence-electron chi connectivity index (χ2n) is 13.7. The van der Waals surface area contributed by atoms with Crippen molar-refractivity contribution in [2.45, 2.75) is 219 Å². The maximum absolute atomic E-state index is 6.32. The Bertz CT molecular complexity index is 529. The molecular weight excluding hydrogens is 633 g/mol. The van der Waals surface area contributed by atoms with Crippen molar-refractivity contribution in [3.63, 3.8) is 0 Å². The van der Waals surface area contributed by atoms with E-state index in [1.165, 1.54) is 205 Å². The van der Waals surface area contributed by atoms with Crippen LogP contribution in [-0.4, -0.2) is 33.8 Å². The topological polar surface area (TPSA) is 27.7 Å². The summed E-state index contributed by atoms with van der Waals surface area (Å²) < 4.78 is 19.0. The predicted octanol–water partition coefficient (Wildman–Crippen LogP) is 13.9. The van der Waals surface area contributed by atoms with Gasteiger partial charge >= 0.3 is 191 Å². The molecule has 3 aliphatic rings. The molecule has 0 amide bonds. The molecule has 3 saturated heterocycles. The minimum absolute atomic E-state index is 1.10. The molecule has 0 aromatic heterocycles. The molecule has 0 aromatic carbocycles. The van der Waals surface area contributed by atoms with Crippen LogP contribution in [-0.2, 0) is 8.41 Å². The summed E-state index contributed by atoms with van der Waals surface area (Å²) in [6, 6.07) is 0. The van der Waals surface area contributed by atoms with Gasteiger partial charge in [-0.1, -0.05) is 78.1 Å². The second kappa shape index (κ2) is 25.3. The molecule has 3 aliphatic heterocycles. The molecule has 0 N–H and O–H groups in total. The first-order chi connectivity index (χ1) is 20.2. The Kier molecular flexibility index (Phi) is 23.7. The second-order valence-corrected chi connectivity index (χ2v) is 23.0. The van der Waals surface area contributed by atoms with E-state index in [0.717, 1.165) is 12.3 Å². The molecule has 246 valence electrons. The summed E-state index contributed by atoms with van der Waals surface area (Å²) in [4.78, 5) is 0. The van der Waals surface area contributed by atoms with Crippen molar-refractivity contribution in [3.8, 4) is 0 Å². The van der Waals surface area contributed by atoms with Crippen molar-refractivity contribution in [1.29, 1.82) is 0 Å². The van der Waals surface area contributed by atoms with Crippen molar-refractivity contribution in [2.24, 2.45) is 0 Å². The summed E-state index contributed by atoms with van der Waals surface area (Å²) in [6.07, 6.45) is 47.7. The van der Waals surface area contributed by atoms with Crippen LogP contribution >= 0.6 is 7.28 Å². The quantitative estimate of drug-likeness (QED) is 0.0379. The Hall–Kier alpha value is 1.13. The fourth-order valence-electron chi connectivity index (χ4n) is 6.75. The van der Waals surface area contributed by atoms with Crippen LogP contribution in [0.4, 0.5) is 0 Å². The van der Waals surface area contributed by atoms with E-state index in [2.05, 4.69) is 13.8 Å². The minimum atomic E-state index is -2.51. The van der Waals surface area contributed by atoms with Gasteiger partial charge in [0.05, 0.1) is 0 Å². The van der Waals surface area contributed by atoms with Crippen LogP contribution in [0.5, 0.6) is 0 Å². The van der Waals surface area contributed by atoms with Gasteiger partial charge in [-0.2, -0.15) is 0 Å². The fourth-order valence-corrected chi connectivity index (χ4v) is 22.2. The molecule has 3 nitrogen and oxygen atoms in total. The Morgan fingerprint density at radius 3 is 0.659 bits per heavy atom. The van der Waals surface area contributed by atoms with Crippen molar-refractivity contribution >= 4 is 28.8 Å². The molecule has 0 radical (unpaired) electrons. The van der Waals surface area contributed by atoms with E-state index >= 15 is 0 Å². The van der Waals surface area contributed by atoms with Gasteiger partial charge in [0.2, 0.25) is 0 Å². The van der Waals surface area contributed by atoms with Crippen LogP contribution in [0.3, 0.4) is 0 Å². The zero-order valence-electron chi connectivity index (χ0n) is 28.2. The monoisotopic (exact) mass is 706 g/mol. The van der Waals surface area contributed by atoms with E-state index in [1.807, 2.05) is 0 Å². The van der Waals surface area contributed by atoms with Crippen LogP contribution in [0.2, 0.25) is 0 Å². The van der Waals surface area contributed by atoms with E-state index in [4.69, 9.17) is 8.41 Å². The third-order valence-corrected chi connectivity index (χ3v) is 26.3. The summed E-state index contributed by atoms with van der Waals surface area (Å²) >= 11 is -2.01. The standard InChI is InChI=1S/C36H74O3P.Sb/c1-3-5-7-9-11-13-15-17-19-21-23-25-27-29-31-33-35-40(37,38,39)36-34-32-30-28-26-24-22-20-18-16-14-12-10-8-6-4-2;/h3-36H2,1-2H3;/q-3;+3. The molecule has 3 fully saturated rings. The number of unbranched alkanes of at least 4 members (excludes halogenated alkanes) is 30. The van der Waals surface area contributed by atoms with Gasteiger partial charge in [0, 0.05) is 0 Å². The van der Waals surface area contributed by atoms with Gasteiger partial charge in [0.1, 0.15) is 0 Å². The third kappa shape index (κ3) is 18.0. The van der Waals surface area contributed by atoms with Crippen LogP contribution in [0, 0.1) is 0 Å². The molecule has 3 heterocycles. The van der Waals surface area contributed by atoms with Gasteiger partial charge in [-0.15, -0.1) is 0 Å². The Morgan fingerprint density at radius 2 is 0.488 bits per heavy atom. The average molecular weight is 708 g/mol. The van der Waals surface area contributed by atoms with E-state index in [0.29, 0.717) is 0 Å². The molecule has 0 aromatic rings. The molecule has 5 heteroatoms. The van der Waals surface area contributed by atoms with E-state index in [9.17, 15) is 0 Å². The van der Waals surface area contributed by atoms with Crippen molar-refractivity contribution in [3.05, 3.63) is 0 Å². The number of hydrogen-bond donors (Lipinski definition) is 0. The molecular formula is C36H74O3PSb. The predicted molar refractivity (Wildman–Crippen MR) is 185 cm³/mol. The van der Waals surface area contributed by atoms with Crippen molar-refractivity contribution < 1.29 is 8.41 Å². The molecule has 2 bridgehead atoms.